The Bertz CT molecular complexity index is 1030. The van der Waals surface area contributed by atoms with E-state index in [-0.39, 0.29) is 27.8 Å². The molecule has 27 heavy (non-hydrogen) atoms. The number of benzene rings is 3. The highest BCUT2D eigenvalue weighted by Crippen LogP contribution is 2.24. The minimum atomic E-state index is -3.52. The van der Waals surface area contributed by atoms with E-state index in [0.29, 0.717) is 16.3 Å². The number of rotatable bonds is 6. The lowest BCUT2D eigenvalue weighted by molar-refractivity contribution is 0.300. The second-order valence-corrected chi connectivity index (χ2v) is 8.68. The third-order valence-electron chi connectivity index (χ3n) is 3.87. The number of ether oxygens (including phenoxy) is 1. The fourth-order valence-corrected chi connectivity index (χ4v) is 4.17. The van der Waals surface area contributed by atoms with Crippen LogP contribution < -0.4 is 4.74 Å². The van der Waals surface area contributed by atoms with Gasteiger partial charge in [0.2, 0.25) is 0 Å². The van der Waals surface area contributed by atoms with E-state index in [1.54, 1.807) is 30.3 Å². The lowest BCUT2D eigenvalue weighted by Crippen LogP contribution is -2.05. The summed E-state index contributed by atoms with van der Waals surface area (Å²) < 4.78 is 44.5. The van der Waals surface area contributed by atoms with Crippen LogP contribution in [-0.2, 0) is 22.2 Å². The SMILES string of the molecule is O=S(=O)(Cc1cccc(OCc2c(F)cccc2Cl)c1)c1ccc(Cl)cc1. The van der Waals surface area contributed by atoms with E-state index >= 15 is 0 Å². The lowest BCUT2D eigenvalue weighted by atomic mass is 10.2. The number of hydrogen-bond acceptors (Lipinski definition) is 3. The zero-order chi connectivity index (χ0) is 19.4. The van der Waals surface area contributed by atoms with Crippen molar-refractivity contribution in [1.29, 1.82) is 0 Å². The Morgan fingerprint density at radius 3 is 2.33 bits per heavy atom. The number of hydrogen-bond donors (Lipinski definition) is 0. The largest absolute Gasteiger partial charge is 0.489 e. The summed E-state index contributed by atoms with van der Waals surface area (Å²) in [5.41, 5.74) is 0.806. The number of sulfone groups is 1. The Hall–Kier alpha value is -2.08. The summed E-state index contributed by atoms with van der Waals surface area (Å²) >= 11 is 11.8. The molecular formula is C20H15Cl2FO3S. The van der Waals surface area contributed by atoms with Crippen LogP contribution in [0, 0.1) is 5.82 Å². The molecule has 0 unspecified atom stereocenters. The molecular weight excluding hydrogens is 410 g/mol. The molecule has 0 heterocycles. The summed E-state index contributed by atoms with van der Waals surface area (Å²) in [6.07, 6.45) is 0. The molecule has 0 radical (unpaired) electrons. The standard InChI is InChI=1S/C20H15Cl2FO3S/c21-15-7-9-17(10-8-15)27(24,25)13-14-3-1-4-16(11-14)26-12-18-19(22)5-2-6-20(18)23/h1-11H,12-13H2. The second kappa shape index (κ2) is 8.30. The van der Waals surface area contributed by atoms with Gasteiger partial charge < -0.3 is 4.74 Å². The van der Waals surface area contributed by atoms with Gasteiger partial charge in [-0.15, -0.1) is 0 Å². The molecule has 0 saturated carbocycles. The molecule has 0 aliphatic heterocycles. The quantitative estimate of drug-likeness (QED) is 0.510. The second-order valence-electron chi connectivity index (χ2n) is 5.85. The van der Waals surface area contributed by atoms with E-state index < -0.39 is 15.7 Å². The van der Waals surface area contributed by atoms with Crippen LogP contribution >= 0.6 is 23.2 Å². The van der Waals surface area contributed by atoms with Crippen LogP contribution in [0.25, 0.3) is 0 Å². The highest BCUT2D eigenvalue weighted by molar-refractivity contribution is 7.90. The van der Waals surface area contributed by atoms with Crippen molar-refractivity contribution in [3.63, 3.8) is 0 Å². The molecule has 140 valence electrons. The first kappa shape index (κ1) is 19.7. The van der Waals surface area contributed by atoms with Gasteiger partial charge in [0.1, 0.15) is 18.2 Å². The first-order chi connectivity index (χ1) is 12.8. The van der Waals surface area contributed by atoms with E-state index in [1.165, 1.54) is 36.4 Å². The molecule has 0 spiro atoms. The Balaban J connectivity index is 1.75. The van der Waals surface area contributed by atoms with E-state index in [2.05, 4.69) is 0 Å². The van der Waals surface area contributed by atoms with E-state index in [0.717, 1.165) is 0 Å². The summed E-state index contributed by atoms with van der Waals surface area (Å²) in [5.74, 6) is -0.214. The average molecular weight is 425 g/mol. The van der Waals surface area contributed by atoms with Crippen molar-refractivity contribution in [1.82, 2.24) is 0 Å². The third kappa shape index (κ3) is 5.01. The predicted octanol–water partition coefficient (Wildman–Crippen LogP) is 5.69. The molecule has 0 aromatic heterocycles. The van der Waals surface area contributed by atoms with Gasteiger partial charge in [0.05, 0.1) is 15.7 Å². The monoisotopic (exact) mass is 424 g/mol. The first-order valence-corrected chi connectivity index (χ1v) is 10.4. The molecule has 3 rings (SSSR count). The van der Waals surface area contributed by atoms with Crippen molar-refractivity contribution in [3.8, 4) is 5.75 Å². The van der Waals surface area contributed by atoms with E-state index in [9.17, 15) is 12.8 Å². The van der Waals surface area contributed by atoms with Crippen LogP contribution in [0.4, 0.5) is 4.39 Å². The maximum atomic E-state index is 13.8. The average Bonchev–Trinajstić information content (AvgIpc) is 2.61. The molecule has 7 heteroatoms. The van der Waals surface area contributed by atoms with Gasteiger partial charge in [0.15, 0.2) is 9.84 Å². The molecule has 3 aromatic carbocycles. The number of halogens is 3. The van der Waals surface area contributed by atoms with Crippen LogP contribution in [0.2, 0.25) is 10.0 Å². The summed E-state index contributed by atoms with van der Waals surface area (Å²) in [4.78, 5) is 0.191. The third-order valence-corrected chi connectivity index (χ3v) is 6.18. The van der Waals surface area contributed by atoms with Crippen molar-refractivity contribution >= 4 is 33.0 Å². The van der Waals surface area contributed by atoms with E-state index in [1.807, 2.05) is 0 Å². The Labute approximate surface area is 167 Å². The predicted molar refractivity (Wildman–Crippen MR) is 105 cm³/mol. The molecule has 0 saturated heterocycles. The maximum Gasteiger partial charge on any atom is 0.182 e. The molecule has 3 nitrogen and oxygen atoms in total. The van der Waals surface area contributed by atoms with Gasteiger partial charge in [-0.1, -0.05) is 41.4 Å². The van der Waals surface area contributed by atoms with Crippen molar-refractivity contribution in [3.05, 3.63) is 93.7 Å². The van der Waals surface area contributed by atoms with Gasteiger partial charge in [-0.2, -0.15) is 0 Å². The van der Waals surface area contributed by atoms with Crippen molar-refractivity contribution in [2.24, 2.45) is 0 Å². The van der Waals surface area contributed by atoms with Gasteiger partial charge in [0.25, 0.3) is 0 Å². The van der Waals surface area contributed by atoms with Gasteiger partial charge in [-0.05, 0) is 54.1 Å². The van der Waals surface area contributed by atoms with Crippen LogP contribution in [-0.4, -0.2) is 8.42 Å². The molecule has 0 N–H and O–H groups in total. The fourth-order valence-electron chi connectivity index (χ4n) is 2.50. The zero-order valence-electron chi connectivity index (χ0n) is 14.0. The van der Waals surface area contributed by atoms with Crippen LogP contribution in [0.15, 0.2) is 71.6 Å². The lowest BCUT2D eigenvalue weighted by Gasteiger charge is -2.10. The molecule has 3 aromatic rings. The smallest absolute Gasteiger partial charge is 0.182 e. The maximum absolute atomic E-state index is 13.8. The zero-order valence-corrected chi connectivity index (χ0v) is 16.4. The molecule has 0 atom stereocenters. The fraction of sp³-hybridized carbons (Fsp3) is 0.100. The normalized spacial score (nSPS) is 11.4. The molecule has 0 amide bonds. The van der Waals surface area contributed by atoms with Crippen LogP contribution in [0.5, 0.6) is 5.75 Å². The summed E-state index contributed by atoms with van der Waals surface area (Å²) in [6, 6.07) is 17.1. The highest BCUT2D eigenvalue weighted by Gasteiger charge is 2.16. The summed E-state index contributed by atoms with van der Waals surface area (Å²) in [5, 5.41) is 0.743. The van der Waals surface area contributed by atoms with Crippen LogP contribution in [0.1, 0.15) is 11.1 Å². The minimum Gasteiger partial charge on any atom is -0.489 e. The molecule has 0 aliphatic carbocycles. The Kier molecular flexibility index (Phi) is 6.05. The van der Waals surface area contributed by atoms with Crippen molar-refractivity contribution in [2.45, 2.75) is 17.3 Å². The van der Waals surface area contributed by atoms with Crippen molar-refractivity contribution in [2.75, 3.05) is 0 Å². The van der Waals surface area contributed by atoms with Crippen LogP contribution in [0.3, 0.4) is 0 Å². The van der Waals surface area contributed by atoms with Gasteiger partial charge in [-0.3, -0.25) is 0 Å². The van der Waals surface area contributed by atoms with E-state index in [4.69, 9.17) is 27.9 Å². The topological polar surface area (TPSA) is 43.4 Å². The molecule has 0 aliphatic rings. The van der Waals surface area contributed by atoms with Gasteiger partial charge >= 0.3 is 0 Å². The van der Waals surface area contributed by atoms with Gasteiger partial charge in [0, 0.05) is 10.6 Å². The minimum absolute atomic E-state index is 0.0567. The molecule has 0 fully saturated rings. The Morgan fingerprint density at radius 1 is 0.926 bits per heavy atom. The van der Waals surface area contributed by atoms with Crippen molar-refractivity contribution < 1.29 is 17.5 Å². The summed E-state index contributed by atoms with van der Waals surface area (Å²) in [6.45, 7) is -0.0567. The summed E-state index contributed by atoms with van der Waals surface area (Å²) in [7, 11) is -3.52. The van der Waals surface area contributed by atoms with Gasteiger partial charge in [-0.25, -0.2) is 12.8 Å². The Morgan fingerprint density at radius 2 is 1.63 bits per heavy atom. The molecule has 0 bridgehead atoms. The first-order valence-electron chi connectivity index (χ1n) is 7.98. The highest BCUT2D eigenvalue weighted by atomic mass is 35.5.